The van der Waals surface area contributed by atoms with Crippen molar-refractivity contribution in [1.82, 2.24) is 10.6 Å². The molecule has 0 aromatic heterocycles. The Morgan fingerprint density at radius 1 is 1.31 bits per heavy atom. The van der Waals surface area contributed by atoms with Crippen molar-refractivity contribution in [2.24, 2.45) is 11.8 Å². The Balaban J connectivity index is 1.71. The van der Waals surface area contributed by atoms with Crippen molar-refractivity contribution >= 4 is 11.8 Å². The fourth-order valence-corrected chi connectivity index (χ4v) is 1.90. The van der Waals surface area contributed by atoms with E-state index in [0.717, 1.165) is 25.7 Å². The molecule has 0 bridgehead atoms. The minimum atomic E-state index is -0.402. The van der Waals surface area contributed by atoms with Gasteiger partial charge >= 0.3 is 0 Å². The van der Waals surface area contributed by atoms with E-state index in [2.05, 4.69) is 17.6 Å². The first-order chi connectivity index (χ1) is 7.58. The quantitative estimate of drug-likeness (QED) is 0.742. The Morgan fingerprint density at radius 2 is 1.94 bits per heavy atom. The molecule has 2 N–H and O–H groups in total. The zero-order chi connectivity index (χ0) is 11.7. The predicted octanol–water partition coefficient (Wildman–Crippen LogP) is 0.816. The average molecular weight is 224 g/mol. The first-order valence-electron chi connectivity index (χ1n) is 6.18. The van der Waals surface area contributed by atoms with Crippen LogP contribution >= 0.6 is 0 Å². The summed E-state index contributed by atoms with van der Waals surface area (Å²) in [6.45, 7) is 3.86. The summed E-state index contributed by atoms with van der Waals surface area (Å²) in [5.74, 6) is 0.730. The van der Waals surface area contributed by atoms with Crippen molar-refractivity contribution < 1.29 is 9.59 Å². The van der Waals surface area contributed by atoms with Gasteiger partial charge in [0.05, 0.1) is 0 Å². The largest absolute Gasteiger partial charge is 0.351 e. The van der Waals surface area contributed by atoms with Crippen LogP contribution in [0.3, 0.4) is 0 Å². The lowest BCUT2D eigenvalue weighted by Crippen LogP contribution is -2.48. The molecule has 4 nitrogen and oxygen atoms in total. The Bertz CT molecular complexity index is 299. The monoisotopic (exact) mass is 224 g/mol. The summed E-state index contributed by atoms with van der Waals surface area (Å²) >= 11 is 0. The van der Waals surface area contributed by atoms with Gasteiger partial charge in [0.15, 0.2) is 0 Å². The van der Waals surface area contributed by atoms with E-state index in [1.165, 1.54) is 0 Å². The Kier molecular flexibility index (Phi) is 3.17. The molecule has 0 spiro atoms. The van der Waals surface area contributed by atoms with Gasteiger partial charge in [-0.05, 0) is 32.1 Å². The van der Waals surface area contributed by atoms with Crippen LogP contribution in [0.4, 0.5) is 0 Å². The van der Waals surface area contributed by atoms with Gasteiger partial charge in [-0.25, -0.2) is 0 Å². The van der Waals surface area contributed by atoms with Crippen molar-refractivity contribution in [2.75, 3.05) is 0 Å². The summed E-state index contributed by atoms with van der Waals surface area (Å²) in [5.41, 5.74) is 0. The van der Waals surface area contributed by atoms with Gasteiger partial charge in [-0.15, -0.1) is 0 Å². The van der Waals surface area contributed by atoms with Crippen molar-refractivity contribution in [3.63, 3.8) is 0 Å². The molecule has 4 heteroatoms. The number of carbonyl (C=O) groups excluding carboxylic acids is 2. The molecule has 2 aliphatic carbocycles. The highest BCUT2D eigenvalue weighted by atomic mass is 16.2. The standard InChI is InChI=1S/C12H20N2O2/c1-7-6-10(7)14-11(15)8(2)13-12(16)9-4-3-5-9/h7-10H,3-6H2,1-2H3,(H,13,16)(H,14,15)/t7-,8-,10-/m0/s1. The molecule has 0 aliphatic heterocycles. The van der Waals surface area contributed by atoms with Crippen LogP contribution < -0.4 is 10.6 Å². The molecule has 2 saturated carbocycles. The van der Waals surface area contributed by atoms with Gasteiger partial charge in [0.25, 0.3) is 0 Å². The van der Waals surface area contributed by atoms with E-state index in [1.54, 1.807) is 6.92 Å². The van der Waals surface area contributed by atoms with E-state index in [-0.39, 0.29) is 17.7 Å². The molecule has 2 rings (SSSR count). The molecule has 0 unspecified atom stereocenters. The predicted molar refractivity (Wildman–Crippen MR) is 60.7 cm³/mol. The van der Waals surface area contributed by atoms with E-state index in [1.807, 2.05) is 0 Å². The molecule has 0 radical (unpaired) electrons. The average Bonchev–Trinajstić information content (AvgIpc) is 2.78. The lowest BCUT2D eigenvalue weighted by atomic mass is 9.84. The third-order valence-electron chi connectivity index (χ3n) is 3.67. The summed E-state index contributed by atoms with van der Waals surface area (Å²) in [7, 11) is 0. The maximum Gasteiger partial charge on any atom is 0.242 e. The van der Waals surface area contributed by atoms with Crippen LogP contribution in [0.5, 0.6) is 0 Å². The highest BCUT2D eigenvalue weighted by Crippen LogP contribution is 2.29. The van der Waals surface area contributed by atoms with E-state index >= 15 is 0 Å². The van der Waals surface area contributed by atoms with Gasteiger partial charge in [0.1, 0.15) is 6.04 Å². The molecule has 0 aromatic carbocycles. The van der Waals surface area contributed by atoms with Crippen LogP contribution in [0.1, 0.15) is 39.5 Å². The first-order valence-corrected chi connectivity index (χ1v) is 6.18. The molecule has 0 saturated heterocycles. The number of nitrogens with one attached hydrogen (secondary N) is 2. The minimum Gasteiger partial charge on any atom is -0.351 e. The summed E-state index contributed by atoms with van der Waals surface area (Å²) in [6.07, 6.45) is 4.15. The Labute approximate surface area is 96.2 Å². The molecule has 2 aliphatic rings. The number of amides is 2. The number of rotatable bonds is 4. The van der Waals surface area contributed by atoms with E-state index in [4.69, 9.17) is 0 Å². The van der Waals surface area contributed by atoms with Gasteiger partial charge in [-0.2, -0.15) is 0 Å². The van der Waals surface area contributed by atoms with Gasteiger partial charge in [-0.3, -0.25) is 9.59 Å². The maximum absolute atomic E-state index is 11.7. The lowest BCUT2D eigenvalue weighted by molar-refractivity contribution is -0.132. The van der Waals surface area contributed by atoms with Crippen LogP contribution in [-0.2, 0) is 9.59 Å². The molecular formula is C12H20N2O2. The van der Waals surface area contributed by atoms with Crippen molar-refractivity contribution in [2.45, 2.75) is 51.6 Å². The van der Waals surface area contributed by atoms with Gasteiger partial charge in [0.2, 0.25) is 11.8 Å². The lowest BCUT2D eigenvalue weighted by Gasteiger charge is -2.25. The van der Waals surface area contributed by atoms with Gasteiger partial charge in [0, 0.05) is 12.0 Å². The normalized spacial score (nSPS) is 30.1. The van der Waals surface area contributed by atoms with Gasteiger partial charge < -0.3 is 10.6 Å². The van der Waals surface area contributed by atoms with Crippen LogP contribution in [0.2, 0.25) is 0 Å². The van der Waals surface area contributed by atoms with Gasteiger partial charge in [-0.1, -0.05) is 13.3 Å². The third kappa shape index (κ3) is 2.54. The molecule has 2 amide bonds. The first kappa shape index (κ1) is 11.4. The van der Waals surface area contributed by atoms with Crippen LogP contribution in [0.15, 0.2) is 0 Å². The summed E-state index contributed by atoms with van der Waals surface area (Å²) < 4.78 is 0. The second-order valence-electron chi connectivity index (χ2n) is 5.19. The molecule has 16 heavy (non-hydrogen) atoms. The zero-order valence-electron chi connectivity index (χ0n) is 9.95. The van der Waals surface area contributed by atoms with Crippen LogP contribution in [0, 0.1) is 11.8 Å². The van der Waals surface area contributed by atoms with Crippen molar-refractivity contribution in [1.29, 1.82) is 0 Å². The van der Waals surface area contributed by atoms with E-state index in [0.29, 0.717) is 12.0 Å². The van der Waals surface area contributed by atoms with E-state index in [9.17, 15) is 9.59 Å². The topological polar surface area (TPSA) is 58.2 Å². The van der Waals surface area contributed by atoms with E-state index < -0.39 is 6.04 Å². The summed E-state index contributed by atoms with van der Waals surface area (Å²) in [4.78, 5) is 23.3. The van der Waals surface area contributed by atoms with Crippen molar-refractivity contribution in [3.05, 3.63) is 0 Å². The summed E-state index contributed by atoms with van der Waals surface area (Å²) in [6, 6.07) is -0.0727. The number of hydrogen-bond acceptors (Lipinski definition) is 2. The SMILES string of the molecule is C[C@H](NC(=O)C1CCC1)C(=O)N[C@H]1C[C@@H]1C. The second kappa shape index (κ2) is 4.44. The molecule has 0 aromatic rings. The molecule has 2 fully saturated rings. The Morgan fingerprint density at radius 3 is 2.38 bits per heavy atom. The molecule has 0 heterocycles. The minimum absolute atomic E-state index is 0.0396. The fraction of sp³-hybridized carbons (Fsp3) is 0.833. The Hall–Kier alpha value is -1.06. The maximum atomic E-state index is 11.7. The highest BCUT2D eigenvalue weighted by Gasteiger charge is 2.35. The number of carbonyl (C=O) groups is 2. The molecule has 90 valence electrons. The summed E-state index contributed by atoms with van der Waals surface area (Å²) in [5, 5.41) is 5.71. The molecule has 3 atom stereocenters. The van der Waals surface area contributed by atoms with Crippen LogP contribution in [0.25, 0.3) is 0 Å². The zero-order valence-corrected chi connectivity index (χ0v) is 9.95. The molecular weight excluding hydrogens is 204 g/mol. The third-order valence-corrected chi connectivity index (χ3v) is 3.67. The fourth-order valence-electron chi connectivity index (χ4n) is 1.90. The van der Waals surface area contributed by atoms with Crippen LogP contribution in [-0.4, -0.2) is 23.9 Å². The van der Waals surface area contributed by atoms with Crippen molar-refractivity contribution in [3.8, 4) is 0 Å². The highest BCUT2D eigenvalue weighted by molar-refractivity contribution is 5.88. The number of hydrogen-bond donors (Lipinski definition) is 2. The smallest absolute Gasteiger partial charge is 0.242 e. The second-order valence-corrected chi connectivity index (χ2v) is 5.19.